The molecule has 0 aliphatic heterocycles. The number of carbonyl (C=O) groups excluding carboxylic acids is 1. The summed E-state index contributed by atoms with van der Waals surface area (Å²) in [5, 5.41) is 8.04. The summed E-state index contributed by atoms with van der Waals surface area (Å²) in [5.41, 5.74) is 2.84. The van der Waals surface area contributed by atoms with Crippen LogP contribution in [0.2, 0.25) is 0 Å². The fraction of sp³-hybridized carbons (Fsp3) is 0.200. The number of carbonyl (C=O) groups is 1. The van der Waals surface area contributed by atoms with Gasteiger partial charge in [0, 0.05) is 17.5 Å². The van der Waals surface area contributed by atoms with Crippen LogP contribution in [-0.2, 0) is 6.42 Å². The monoisotopic (exact) mass is 383 g/mol. The normalized spacial score (nSPS) is 10.3. The maximum Gasteiger partial charge on any atom is 0.321 e. The summed E-state index contributed by atoms with van der Waals surface area (Å²) in [6, 6.07) is 15.4. The van der Waals surface area contributed by atoms with E-state index in [-0.39, 0.29) is 6.03 Å². The Labute approximate surface area is 162 Å². The van der Waals surface area contributed by atoms with Crippen molar-refractivity contribution in [2.45, 2.75) is 6.42 Å². The number of nitrogens with zero attached hydrogens (tertiary/aromatic N) is 1. The van der Waals surface area contributed by atoms with Crippen molar-refractivity contribution in [2.75, 3.05) is 26.1 Å². The molecule has 0 unspecified atom stereocenters. The number of ether oxygens (including phenoxy) is 2. The highest BCUT2D eigenvalue weighted by molar-refractivity contribution is 7.14. The van der Waals surface area contributed by atoms with Crippen LogP contribution in [-0.4, -0.2) is 31.8 Å². The van der Waals surface area contributed by atoms with Gasteiger partial charge >= 0.3 is 6.03 Å². The first-order valence-electron chi connectivity index (χ1n) is 8.46. The maximum absolute atomic E-state index is 12.0. The molecule has 0 radical (unpaired) electrons. The molecule has 0 saturated carbocycles. The lowest BCUT2D eigenvalue weighted by atomic mass is 10.1. The van der Waals surface area contributed by atoms with Gasteiger partial charge in [-0.3, -0.25) is 5.32 Å². The van der Waals surface area contributed by atoms with Crippen LogP contribution in [0.1, 0.15) is 5.56 Å². The predicted octanol–water partition coefficient (Wildman–Crippen LogP) is 4.19. The fourth-order valence-electron chi connectivity index (χ4n) is 2.57. The molecule has 0 fully saturated rings. The molecule has 2 amide bonds. The number of methoxy groups -OCH3 is 2. The number of amides is 2. The molecule has 1 aromatic heterocycles. The van der Waals surface area contributed by atoms with Crippen molar-refractivity contribution < 1.29 is 14.3 Å². The second kappa shape index (κ2) is 9.05. The van der Waals surface area contributed by atoms with Gasteiger partial charge in [-0.2, -0.15) is 0 Å². The van der Waals surface area contributed by atoms with Crippen molar-refractivity contribution >= 4 is 22.5 Å². The first-order valence-corrected chi connectivity index (χ1v) is 9.34. The molecule has 27 heavy (non-hydrogen) atoms. The molecule has 2 N–H and O–H groups in total. The molecule has 140 valence electrons. The van der Waals surface area contributed by atoms with Gasteiger partial charge in [0.25, 0.3) is 0 Å². The molecule has 7 heteroatoms. The van der Waals surface area contributed by atoms with Gasteiger partial charge in [-0.15, -0.1) is 11.3 Å². The molecule has 3 aromatic rings. The van der Waals surface area contributed by atoms with Gasteiger partial charge in [0.1, 0.15) is 0 Å². The van der Waals surface area contributed by atoms with Crippen molar-refractivity contribution in [1.29, 1.82) is 0 Å². The molecule has 0 atom stereocenters. The molecular formula is C20H21N3O3S. The summed E-state index contributed by atoms with van der Waals surface area (Å²) in [4.78, 5) is 16.5. The molecule has 3 rings (SSSR count). The zero-order valence-corrected chi connectivity index (χ0v) is 16.0. The Morgan fingerprint density at radius 2 is 1.85 bits per heavy atom. The smallest absolute Gasteiger partial charge is 0.321 e. The number of urea groups is 1. The third kappa shape index (κ3) is 4.98. The standard InChI is InChI=1S/C20H21N3O3S/c1-25-17-9-8-15(12-18(17)26-2)16-13-27-20(22-16)23-19(24)21-11-10-14-6-4-3-5-7-14/h3-9,12-13H,10-11H2,1-2H3,(H2,21,22,23,24). The van der Waals surface area contributed by atoms with Crippen LogP contribution in [0, 0.1) is 0 Å². The van der Waals surface area contributed by atoms with Crippen LogP contribution >= 0.6 is 11.3 Å². The third-order valence-corrected chi connectivity index (χ3v) is 4.70. The van der Waals surface area contributed by atoms with Gasteiger partial charge in [0.05, 0.1) is 19.9 Å². The molecule has 0 bridgehead atoms. The Morgan fingerprint density at radius 3 is 2.59 bits per heavy atom. The summed E-state index contributed by atoms with van der Waals surface area (Å²) in [6.07, 6.45) is 0.781. The van der Waals surface area contributed by atoms with Crippen LogP contribution in [0.25, 0.3) is 11.3 Å². The molecule has 1 heterocycles. The van der Waals surface area contributed by atoms with Crippen molar-refractivity contribution in [2.24, 2.45) is 0 Å². The number of thiazole rings is 1. The van der Waals surface area contributed by atoms with E-state index in [1.54, 1.807) is 14.2 Å². The van der Waals surface area contributed by atoms with Crippen LogP contribution in [0.3, 0.4) is 0 Å². The minimum absolute atomic E-state index is 0.265. The van der Waals surface area contributed by atoms with E-state index in [4.69, 9.17) is 9.47 Å². The molecule has 0 aliphatic rings. The summed E-state index contributed by atoms with van der Waals surface area (Å²) >= 11 is 1.37. The van der Waals surface area contributed by atoms with E-state index < -0.39 is 0 Å². The minimum atomic E-state index is -0.265. The predicted molar refractivity (Wildman–Crippen MR) is 108 cm³/mol. The van der Waals surface area contributed by atoms with Gasteiger partial charge < -0.3 is 14.8 Å². The first kappa shape index (κ1) is 18.7. The Kier molecular flexibility index (Phi) is 6.27. The number of rotatable bonds is 7. The van der Waals surface area contributed by atoms with Crippen LogP contribution in [0.4, 0.5) is 9.93 Å². The van der Waals surface area contributed by atoms with Crippen molar-refractivity contribution in [3.8, 4) is 22.8 Å². The van der Waals surface area contributed by atoms with Gasteiger partial charge in [-0.25, -0.2) is 9.78 Å². The highest BCUT2D eigenvalue weighted by Gasteiger charge is 2.11. The number of anilines is 1. The topological polar surface area (TPSA) is 72.5 Å². The Balaban J connectivity index is 1.56. The number of aromatic nitrogens is 1. The zero-order valence-electron chi connectivity index (χ0n) is 15.2. The van der Waals surface area contributed by atoms with Gasteiger partial charge in [0.2, 0.25) is 0 Å². The lowest BCUT2D eigenvalue weighted by Crippen LogP contribution is -2.30. The minimum Gasteiger partial charge on any atom is -0.493 e. The largest absolute Gasteiger partial charge is 0.493 e. The number of hydrogen-bond donors (Lipinski definition) is 2. The van der Waals surface area contributed by atoms with E-state index in [1.807, 2.05) is 53.9 Å². The highest BCUT2D eigenvalue weighted by atomic mass is 32.1. The lowest BCUT2D eigenvalue weighted by Gasteiger charge is -2.08. The highest BCUT2D eigenvalue weighted by Crippen LogP contribution is 2.33. The quantitative estimate of drug-likeness (QED) is 0.642. The molecule has 2 aromatic carbocycles. The van der Waals surface area contributed by atoms with E-state index in [1.165, 1.54) is 16.9 Å². The zero-order chi connectivity index (χ0) is 19.1. The second-order valence-electron chi connectivity index (χ2n) is 5.72. The Bertz CT molecular complexity index is 896. The molecule has 0 aliphatic carbocycles. The number of nitrogens with one attached hydrogen (secondary N) is 2. The molecule has 0 spiro atoms. The van der Waals surface area contributed by atoms with E-state index in [9.17, 15) is 4.79 Å². The van der Waals surface area contributed by atoms with E-state index in [2.05, 4.69) is 15.6 Å². The Hall–Kier alpha value is -3.06. The number of hydrogen-bond acceptors (Lipinski definition) is 5. The van der Waals surface area contributed by atoms with Gasteiger partial charge in [0.15, 0.2) is 16.6 Å². The van der Waals surface area contributed by atoms with Crippen molar-refractivity contribution in [3.05, 3.63) is 59.5 Å². The summed E-state index contributed by atoms with van der Waals surface area (Å²) in [6.45, 7) is 0.559. The summed E-state index contributed by atoms with van der Waals surface area (Å²) < 4.78 is 10.6. The molecule has 6 nitrogen and oxygen atoms in total. The van der Waals surface area contributed by atoms with E-state index >= 15 is 0 Å². The van der Waals surface area contributed by atoms with Crippen molar-refractivity contribution in [1.82, 2.24) is 10.3 Å². The summed E-state index contributed by atoms with van der Waals surface area (Å²) in [7, 11) is 3.19. The average molecular weight is 383 g/mol. The Morgan fingerprint density at radius 1 is 1.07 bits per heavy atom. The van der Waals surface area contributed by atoms with E-state index in [0.717, 1.165) is 17.7 Å². The van der Waals surface area contributed by atoms with Gasteiger partial charge in [-0.05, 0) is 30.2 Å². The van der Waals surface area contributed by atoms with Crippen LogP contribution in [0.5, 0.6) is 11.5 Å². The molecule has 0 saturated heterocycles. The second-order valence-corrected chi connectivity index (χ2v) is 6.58. The molecular weight excluding hydrogens is 362 g/mol. The lowest BCUT2D eigenvalue weighted by molar-refractivity contribution is 0.252. The van der Waals surface area contributed by atoms with E-state index in [0.29, 0.717) is 23.2 Å². The summed E-state index contributed by atoms with van der Waals surface area (Å²) in [5.74, 6) is 1.30. The van der Waals surface area contributed by atoms with Crippen molar-refractivity contribution in [3.63, 3.8) is 0 Å². The van der Waals surface area contributed by atoms with Crippen LogP contribution in [0.15, 0.2) is 53.9 Å². The fourth-order valence-corrected chi connectivity index (χ4v) is 3.28. The SMILES string of the molecule is COc1ccc(-c2csc(NC(=O)NCCc3ccccc3)n2)cc1OC. The number of benzene rings is 2. The maximum atomic E-state index is 12.0. The first-order chi connectivity index (χ1) is 13.2. The third-order valence-electron chi connectivity index (χ3n) is 3.95. The average Bonchev–Trinajstić information content (AvgIpc) is 3.16. The van der Waals surface area contributed by atoms with Crippen LogP contribution < -0.4 is 20.1 Å². The van der Waals surface area contributed by atoms with Gasteiger partial charge in [-0.1, -0.05) is 30.3 Å².